The third-order valence-corrected chi connectivity index (χ3v) is 2.50. The fourth-order valence-electron chi connectivity index (χ4n) is 1.52. The van der Waals surface area contributed by atoms with Crippen LogP contribution in [0.1, 0.15) is 41.5 Å². The van der Waals surface area contributed by atoms with Gasteiger partial charge < -0.3 is 19.7 Å². The molecule has 0 bridgehead atoms. The van der Waals surface area contributed by atoms with Gasteiger partial charge in [-0.1, -0.05) is 0 Å². The molecule has 8 heteroatoms. The van der Waals surface area contributed by atoms with Crippen LogP contribution in [-0.4, -0.2) is 21.4 Å². The summed E-state index contributed by atoms with van der Waals surface area (Å²) < 4.78 is 10.8. The first kappa shape index (κ1) is 19.4. The fourth-order valence-corrected chi connectivity index (χ4v) is 1.52. The van der Waals surface area contributed by atoms with E-state index in [0.29, 0.717) is 0 Å². The van der Waals surface area contributed by atoms with Crippen molar-refractivity contribution in [3.05, 3.63) is 40.9 Å². The minimum atomic E-state index is -1.01. The first-order valence-corrected chi connectivity index (χ1v) is 7.08. The normalized spacial score (nSPS) is 11.9. The molecule has 0 aliphatic rings. The van der Waals surface area contributed by atoms with Crippen LogP contribution < -0.4 is 31.2 Å². The molecule has 0 atom stereocenters. The lowest BCUT2D eigenvalue weighted by molar-refractivity contribution is 0.0886. The first-order chi connectivity index (χ1) is 10.7. The largest absolute Gasteiger partial charge is 0.501 e. The van der Waals surface area contributed by atoms with Gasteiger partial charge in [-0.15, -0.1) is 0 Å². The van der Waals surface area contributed by atoms with E-state index in [9.17, 15) is 19.2 Å². The molecule has 2 aromatic carbocycles. The summed E-state index contributed by atoms with van der Waals surface area (Å²) in [7, 11) is 0. The standard InChI is InChI=1S/C12H18O4.C4H2O4/c1-11(2,3)15-9-7(13)8(14)10(9)16-12(4,5)6;5-1-2(6)4(8)3(1)7/h1-6H3;5-6H. The molecule has 0 heterocycles. The smallest absolute Gasteiger partial charge is 0.275 e. The predicted molar refractivity (Wildman–Crippen MR) is 86.8 cm³/mol. The van der Waals surface area contributed by atoms with Gasteiger partial charge in [-0.25, -0.2) is 0 Å². The Labute approximate surface area is 137 Å². The van der Waals surface area contributed by atoms with E-state index in [1.165, 1.54) is 0 Å². The second-order valence-electron chi connectivity index (χ2n) is 7.10. The molecule has 0 unspecified atom stereocenters. The van der Waals surface area contributed by atoms with E-state index < -0.39 is 44.4 Å². The van der Waals surface area contributed by atoms with Crippen LogP contribution in [0.2, 0.25) is 0 Å². The number of rotatable bonds is 2. The average molecular weight is 340 g/mol. The van der Waals surface area contributed by atoms with E-state index in [4.69, 9.17) is 19.7 Å². The summed E-state index contributed by atoms with van der Waals surface area (Å²) in [5.74, 6) is -1.55. The van der Waals surface area contributed by atoms with E-state index in [2.05, 4.69) is 0 Å². The third kappa shape index (κ3) is 4.21. The number of hydrogen-bond donors (Lipinski definition) is 2. The first-order valence-electron chi connectivity index (χ1n) is 7.08. The monoisotopic (exact) mass is 340 g/mol. The van der Waals surface area contributed by atoms with Gasteiger partial charge in [0, 0.05) is 0 Å². The van der Waals surface area contributed by atoms with Crippen LogP contribution in [0.25, 0.3) is 0 Å². The predicted octanol–water partition coefficient (Wildman–Crippen LogP) is 0.331. The molecule has 24 heavy (non-hydrogen) atoms. The van der Waals surface area contributed by atoms with Gasteiger partial charge in [0.1, 0.15) is 11.2 Å². The van der Waals surface area contributed by atoms with E-state index in [1.54, 1.807) is 0 Å². The summed E-state index contributed by atoms with van der Waals surface area (Å²) in [4.78, 5) is 42.6. The molecule has 0 saturated carbocycles. The Hall–Kier alpha value is -2.64. The molecule has 132 valence electrons. The lowest BCUT2D eigenvalue weighted by atomic mass is 10.1. The van der Waals surface area contributed by atoms with Gasteiger partial charge in [0.15, 0.2) is 0 Å². The van der Waals surface area contributed by atoms with Crippen molar-refractivity contribution in [1.29, 1.82) is 0 Å². The topological polar surface area (TPSA) is 127 Å². The van der Waals surface area contributed by atoms with Gasteiger partial charge in [0.25, 0.3) is 21.7 Å². The van der Waals surface area contributed by atoms with Crippen molar-refractivity contribution < 1.29 is 19.7 Å². The zero-order chi connectivity index (χ0) is 19.0. The molecule has 0 amide bonds. The molecule has 0 radical (unpaired) electrons. The summed E-state index contributed by atoms with van der Waals surface area (Å²) in [6.45, 7) is 10.9. The average Bonchev–Trinajstić information content (AvgIpc) is 2.47. The van der Waals surface area contributed by atoms with Gasteiger partial charge in [0.2, 0.25) is 23.0 Å². The number of ether oxygens (including phenoxy) is 2. The maximum atomic E-state index is 11.3. The molecule has 0 saturated heterocycles. The Balaban J connectivity index is 0.000000300. The van der Waals surface area contributed by atoms with E-state index in [0.717, 1.165) is 0 Å². The SMILES string of the molecule is CC(C)(C)Oc1c(OC(C)(C)C)c(=O)c1=O.O=c1c(O)c(O)c1=O. The van der Waals surface area contributed by atoms with Crippen molar-refractivity contribution in [3.8, 4) is 23.0 Å². The Kier molecular flexibility index (Phi) is 4.94. The Morgan fingerprint density at radius 3 is 1.00 bits per heavy atom. The van der Waals surface area contributed by atoms with Gasteiger partial charge in [-0.2, -0.15) is 0 Å². The summed E-state index contributed by atoms with van der Waals surface area (Å²) >= 11 is 0. The van der Waals surface area contributed by atoms with Crippen LogP contribution in [0.5, 0.6) is 23.0 Å². The van der Waals surface area contributed by atoms with Crippen LogP contribution >= 0.6 is 0 Å². The molecule has 0 fully saturated rings. The molecular weight excluding hydrogens is 320 g/mol. The van der Waals surface area contributed by atoms with Crippen LogP contribution in [0.4, 0.5) is 0 Å². The summed E-state index contributed by atoms with van der Waals surface area (Å²) in [6.07, 6.45) is 0. The molecular formula is C16H20O8. The van der Waals surface area contributed by atoms with Crippen molar-refractivity contribution in [2.45, 2.75) is 52.7 Å². The van der Waals surface area contributed by atoms with E-state index in [-0.39, 0.29) is 11.5 Å². The highest BCUT2D eigenvalue weighted by Gasteiger charge is 2.30. The number of hydrogen-bond acceptors (Lipinski definition) is 8. The zero-order valence-corrected chi connectivity index (χ0v) is 14.3. The maximum Gasteiger partial charge on any atom is 0.275 e. The third-order valence-electron chi connectivity index (χ3n) is 2.50. The van der Waals surface area contributed by atoms with Crippen molar-refractivity contribution >= 4 is 0 Å². The summed E-state index contributed by atoms with van der Waals surface area (Å²) in [5, 5.41) is 16.4. The highest BCUT2D eigenvalue weighted by Crippen LogP contribution is 2.27. The second-order valence-corrected chi connectivity index (χ2v) is 7.10. The molecule has 2 N–H and O–H groups in total. The summed E-state index contributed by atoms with van der Waals surface area (Å²) in [6, 6.07) is 0. The van der Waals surface area contributed by atoms with E-state index in [1.807, 2.05) is 41.5 Å². The van der Waals surface area contributed by atoms with Gasteiger partial charge >= 0.3 is 0 Å². The molecule has 2 aromatic rings. The van der Waals surface area contributed by atoms with E-state index >= 15 is 0 Å². The molecule has 8 nitrogen and oxygen atoms in total. The van der Waals surface area contributed by atoms with Crippen LogP contribution in [0, 0.1) is 0 Å². The van der Waals surface area contributed by atoms with Crippen molar-refractivity contribution in [3.63, 3.8) is 0 Å². The Morgan fingerprint density at radius 2 is 0.833 bits per heavy atom. The lowest BCUT2D eigenvalue weighted by Gasteiger charge is -2.27. The van der Waals surface area contributed by atoms with Crippen LogP contribution in [0.15, 0.2) is 19.2 Å². The van der Waals surface area contributed by atoms with Crippen molar-refractivity contribution in [2.75, 3.05) is 0 Å². The molecule has 0 aliphatic heterocycles. The highest BCUT2D eigenvalue weighted by atomic mass is 16.5. The highest BCUT2D eigenvalue weighted by molar-refractivity contribution is 5.46. The van der Waals surface area contributed by atoms with Gasteiger partial charge in [0.05, 0.1) is 0 Å². The maximum absolute atomic E-state index is 11.3. The minimum absolute atomic E-state index is 0.0485. The van der Waals surface area contributed by atoms with Crippen LogP contribution in [0.3, 0.4) is 0 Å². The lowest BCUT2D eigenvalue weighted by Crippen LogP contribution is -2.41. The van der Waals surface area contributed by atoms with Crippen molar-refractivity contribution in [1.82, 2.24) is 0 Å². The fraction of sp³-hybridized carbons (Fsp3) is 0.500. The van der Waals surface area contributed by atoms with Crippen molar-refractivity contribution in [2.24, 2.45) is 0 Å². The zero-order valence-electron chi connectivity index (χ0n) is 14.3. The number of aromatic hydroxyl groups is 2. The Bertz CT molecular complexity index is 802. The van der Waals surface area contributed by atoms with Crippen LogP contribution in [-0.2, 0) is 0 Å². The van der Waals surface area contributed by atoms with Gasteiger partial charge in [-0.3, -0.25) is 19.2 Å². The quantitative estimate of drug-likeness (QED) is 0.749. The Morgan fingerprint density at radius 1 is 0.583 bits per heavy atom. The molecule has 2 rings (SSSR count). The molecule has 0 aromatic heterocycles. The van der Waals surface area contributed by atoms with Gasteiger partial charge in [-0.05, 0) is 41.5 Å². The second kappa shape index (κ2) is 6.10. The summed E-state index contributed by atoms with van der Waals surface area (Å²) in [5.41, 5.74) is -4.26. The molecule has 0 spiro atoms. The minimum Gasteiger partial charge on any atom is -0.501 e. The molecule has 0 aliphatic carbocycles.